The van der Waals surface area contributed by atoms with E-state index >= 15 is 0 Å². The van der Waals surface area contributed by atoms with E-state index < -0.39 is 11.6 Å². The fraction of sp³-hybridized carbons (Fsp3) is 0.0909. The minimum atomic E-state index is -0.764. The first kappa shape index (κ1) is 22.6. The molecular weight excluding hydrogens is 458 g/mol. The van der Waals surface area contributed by atoms with E-state index in [1.54, 1.807) is 12.1 Å². The van der Waals surface area contributed by atoms with Crippen molar-refractivity contribution in [1.82, 2.24) is 4.98 Å². The number of ketones is 1. The molecule has 0 unspecified atom stereocenters. The Morgan fingerprint density at radius 3 is 2.39 bits per heavy atom. The van der Waals surface area contributed by atoms with Gasteiger partial charge in [0.15, 0.2) is 5.78 Å². The first-order chi connectivity index (χ1) is 14.8. The molecule has 0 aliphatic rings. The lowest BCUT2D eigenvalue weighted by molar-refractivity contribution is 0.102. The zero-order chi connectivity index (χ0) is 22.7. The van der Waals surface area contributed by atoms with Crippen molar-refractivity contribution in [2.75, 3.05) is 11.5 Å². The number of aryl methyl sites for hydroxylation is 1. The summed E-state index contributed by atoms with van der Waals surface area (Å²) in [6.45, 7) is 1.92. The smallest absolute Gasteiger partial charge is 0.174 e. The van der Waals surface area contributed by atoms with Crippen molar-refractivity contribution >= 4 is 46.6 Å². The van der Waals surface area contributed by atoms with Crippen LogP contribution in [0.1, 0.15) is 27.0 Å². The third kappa shape index (κ3) is 4.65. The lowest BCUT2D eigenvalue weighted by Gasteiger charge is -2.13. The number of nitrogen functional groups attached to an aromatic ring is 1. The van der Waals surface area contributed by atoms with Crippen LogP contribution in [0.25, 0.3) is 11.1 Å². The molecule has 0 spiro atoms. The van der Waals surface area contributed by atoms with Crippen LogP contribution < -0.4 is 5.73 Å². The number of benzene rings is 2. The highest BCUT2D eigenvalue weighted by atomic mass is 35.5. The van der Waals surface area contributed by atoms with Crippen molar-refractivity contribution in [3.8, 4) is 23.3 Å². The largest absolute Gasteiger partial charge is 0.383 e. The fourth-order valence-corrected chi connectivity index (χ4v) is 4.23. The van der Waals surface area contributed by atoms with Crippen molar-refractivity contribution in [2.24, 2.45) is 0 Å². The lowest BCUT2D eigenvalue weighted by atomic mass is 9.96. The van der Waals surface area contributed by atoms with Gasteiger partial charge >= 0.3 is 0 Å². The lowest BCUT2D eigenvalue weighted by Crippen LogP contribution is -2.07. The van der Waals surface area contributed by atoms with Crippen LogP contribution in [0, 0.1) is 35.4 Å². The summed E-state index contributed by atoms with van der Waals surface area (Å²) >= 11 is 12.6. The van der Waals surface area contributed by atoms with Crippen molar-refractivity contribution < 1.29 is 9.18 Å². The number of Topliss-reactive ketones (excluding diaryl/α,β-unsaturated/α-hetero) is 1. The summed E-state index contributed by atoms with van der Waals surface area (Å²) in [5.74, 6) is -1.47. The number of rotatable bonds is 5. The van der Waals surface area contributed by atoms with E-state index in [1.807, 2.05) is 25.1 Å². The molecule has 0 radical (unpaired) electrons. The molecule has 0 amide bonds. The molecule has 0 aliphatic carbocycles. The number of halogens is 3. The van der Waals surface area contributed by atoms with E-state index in [0.29, 0.717) is 11.1 Å². The molecule has 2 aromatic carbocycles. The van der Waals surface area contributed by atoms with Crippen molar-refractivity contribution in [3.63, 3.8) is 0 Å². The predicted molar refractivity (Wildman–Crippen MR) is 120 cm³/mol. The Hall–Kier alpha value is -3.10. The number of carbonyl (C=O) groups is 1. The molecule has 1 heterocycles. The number of anilines is 1. The maximum atomic E-state index is 13.8. The van der Waals surface area contributed by atoms with Crippen molar-refractivity contribution in [3.05, 3.63) is 74.5 Å². The molecule has 0 saturated heterocycles. The molecule has 0 fully saturated rings. The number of nitrogens with zero attached hydrogens (tertiary/aromatic N) is 3. The number of hydrogen-bond acceptors (Lipinski definition) is 6. The Bertz CT molecular complexity index is 1280. The highest BCUT2D eigenvalue weighted by Gasteiger charge is 2.22. The summed E-state index contributed by atoms with van der Waals surface area (Å²) in [5.41, 5.74) is 8.14. The Labute approximate surface area is 192 Å². The average Bonchev–Trinajstić information content (AvgIpc) is 2.74. The molecule has 9 heteroatoms. The number of aromatic nitrogens is 1. The number of nitrogens with two attached hydrogens (primary N) is 1. The molecule has 0 atom stereocenters. The number of carbonyl (C=O) groups excluding carboxylic acids is 1. The van der Waals surface area contributed by atoms with Gasteiger partial charge in [0, 0.05) is 11.1 Å². The summed E-state index contributed by atoms with van der Waals surface area (Å²) in [4.78, 5) is 16.7. The summed E-state index contributed by atoms with van der Waals surface area (Å²) in [5, 5.41) is 19.4. The first-order valence-corrected chi connectivity index (χ1v) is 10.5. The van der Waals surface area contributed by atoms with Gasteiger partial charge in [0.1, 0.15) is 34.4 Å². The molecule has 154 valence electrons. The minimum Gasteiger partial charge on any atom is -0.383 e. The Kier molecular flexibility index (Phi) is 6.82. The maximum absolute atomic E-state index is 13.8. The van der Waals surface area contributed by atoms with Crippen LogP contribution in [0.2, 0.25) is 10.0 Å². The van der Waals surface area contributed by atoms with Gasteiger partial charge in [-0.25, -0.2) is 9.37 Å². The molecule has 1 aromatic heterocycles. The number of thioether (sulfide) groups is 1. The van der Waals surface area contributed by atoms with Gasteiger partial charge in [-0.1, -0.05) is 64.8 Å². The molecule has 3 aromatic rings. The minimum absolute atomic E-state index is 0.0187. The van der Waals surface area contributed by atoms with Gasteiger partial charge in [-0.05, 0) is 24.6 Å². The summed E-state index contributed by atoms with van der Waals surface area (Å²) in [7, 11) is 0. The molecule has 5 nitrogen and oxygen atoms in total. The van der Waals surface area contributed by atoms with Crippen LogP contribution in [0.4, 0.5) is 10.2 Å². The Balaban J connectivity index is 2.02. The zero-order valence-corrected chi connectivity index (χ0v) is 18.4. The Morgan fingerprint density at radius 1 is 1.13 bits per heavy atom. The molecule has 3 rings (SSSR count). The van der Waals surface area contributed by atoms with Gasteiger partial charge in [-0.3, -0.25) is 4.79 Å². The van der Waals surface area contributed by atoms with E-state index in [2.05, 4.69) is 11.1 Å². The van der Waals surface area contributed by atoms with E-state index in [9.17, 15) is 19.7 Å². The second kappa shape index (κ2) is 9.36. The fourth-order valence-electron chi connectivity index (χ4n) is 2.86. The van der Waals surface area contributed by atoms with Gasteiger partial charge in [0.25, 0.3) is 0 Å². The van der Waals surface area contributed by atoms with E-state index in [0.717, 1.165) is 29.5 Å². The molecular formula is C22H13Cl2FN4OS. The number of nitriles is 2. The maximum Gasteiger partial charge on any atom is 0.174 e. The van der Waals surface area contributed by atoms with Gasteiger partial charge in [-0.15, -0.1) is 0 Å². The summed E-state index contributed by atoms with van der Waals surface area (Å²) < 4.78 is 13.8. The standard InChI is InChI=1S/C22H13Cl2FN4OS/c1-11-2-4-12(5-3-11)20-14(8-26)21(28)29-22(15(20)9-27)31-10-19(30)13-6-18(25)17(24)7-16(13)23/h2-7H,10H2,1H3,(H2,28,29). The van der Waals surface area contributed by atoms with Crippen LogP contribution >= 0.6 is 35.0 Å². The van der Waals surface area contributed by atoms with Crippen LogP contribution in [0.15, 0.2) is 41.4 Å². The van der Waals surface area contributed by atoms with Crippen molar-refractivity contribution in [2.45, 2.75) is 11.9 Å². The molecule has 31 heavy (non-hydrogen) atoms. The van der Waals surface area contributed by atoms with Gasteiger partial charge in [-0.2, -0.15) is 10.5 Å². The molecule has 2 N–H and O–H groups in total. The number of hydrogen-bond donors (Lipinski definition) is 1. The third-order valence-electron chi connectivity index (χ3n) is 4.41. The second-order valence-corrected chi connectivity index (χ2v) is 8.25. The topological polar surface area (TPSA) is 104 Å². The number of pyridine rings is 1. The highest BCUT2D eigenvalue weighted by molar-refractivity contribution is 8.00. The predicted octanol–water partition coefficient (Wildman–Crippen LogP) is 5.80. The third-order valence-corrected chi connectivity index (χ3v) is 5.98. The molecule has 0 bridgehead atoms. The Morgan fingerprint density at radius 2 is 1.77 bits per heavy atom. The zero-order valence-electron chi connectivity index (χ0n) is 16.0. The average molecular weight is 471 g/mol. The molecule has 0 saturated carbocycles. The van der Waals surface area contributed by atoms with Crippen LogP contribution in [0.5, 0.6) is 0 Å². The normalized spacial score (nSPS) is 10.4. The van der Waals surface area contributed by atoms with Crippen LogP contribution in [-0.4, -0.2) is 16.5 Å². The van der Waals surface area contributed by atoms with E-state index in [1.165, 1.54) is 0 Å². The van der Waals surface area contributed by atoms with E-state index in [-0.39, 0.29) is 43.3 Å². The second-order valence-electron chi connectivity index (χ2n) is 6.47. The molecule has 0 aliphatic heterocycles. The highest BCUT2D eigenvalue weighted by Crippen LogP contribution is 2.36. The van der Waals surface area contributed by atoms with Crippen molar-refractivity contribution in [1.29, 1.82) is 10.5 Å². The SMILES string of the molecule is Cc1ccc(-c2c(C#N)c(N)nc(SCC(=O)c3cc(F)c(Cl)cc3Cl)c2C#N)cc1. The first-order valence-electron chi connectivity index (χ1n) is 8.78. The quantitative estimate of drug-likeness (QED) is 0.286. The van der Waals surface area contributed by atoms with Gasteiger partial charge in [0.2, 0.25) is 0 Å². The summed E-state index contributed by atoms with van der Waals surface area (Å²) in [6, 6.07) is 13.5. The van der Waals surface area contributed by atoms with Gasteiger partial charge in [0.05, 0.1) is 21.4 Å². The van der Waals surface area contributed by atoms with Crippen LogP contribution in [0.3, 0.4) is 0 Å². The summed E-state index contributed by atoms with van der Waals surface area (Å²) in [6.07, 6.45) is 0. The van der Waals surface area contributed by atoms with E-state index in [4.69, 9.17) is 28.9 Å². The van der Waals surface area contributed by atoms with Crippen LogP contribution in [-0.2, 0) is 0 Å². The van der Waals surface area contributed by atoms with Gasteiger partial charge < -0.3 is 5.73 Å². The monoisotopic (exact) mass is 470 g/mol.